The molecule has 1 heterocycles. The van der Waals surface area contributed by atoms with Crippen molar-refractivity contribution < 1.29 is 4.74 Å². The molecule has 0 atom stereocenters. The maximum absolute atomic E-state index is 5.22. The molecule has 1 aromatic carbocycles. The van der Waals surface area contributed by atoms with Crippen molar-refractivity contribution in [1.29, 1.82) is 0 Å². The van der Waals surface area contributed by atoms with Crippen molar-refractivity contribution >= 4 is 0 Å². The molecule has 0 bridgehead atoms. The van der Waals surface area contributed by atoms with Crippen molar-refractivity contribution in [2.75, 3.05) is 7.11 Å². The van der Waals surface area contributed by atoms with Crippen LogP contribution in [0.25, 0.3) is 0 Å². The summed E-state index contributed by atoms with van der Waals surface area (Å²) in [6, 6.07) is 8.11. The number of aromatic nitrogens is 2. The van der Waals surface area contributed by atoms with E-state index in [2.05, 4.69) is 42.6 Å². The fourth-order valence-electron chi connectivity index (χ4n) is 2.11. The zero-order valence-electron chi connectivity index (χ0n) is 12.5. The van der Waals surface area contributed by atoms with Gasteiger partial charge in [0.25, 0.3) is 0 Å². The van der Waals surface area contributed by atoms with Crippen LogP contribution >= 0.6 is 0 Å². The predicted octanol–water partition coefficient (Wildman–Crippen LogP) is 2.84. The molecule has 0 unspecified atom stereocenters. The average molecular weight is 273 g/mol. The summed E-state index contributed by atoms with van der Waals surface area (Å²) < 4.78 is 7.23. The van der Waals surface area contributed by atoms with Crippen LogP contribution in [0.2, 0.25) is 0 Å². The van der Waals surface area contributed by atoms with Gasteiger partial charge in [-0.15, -0.1) is 0 Å². The maximum atomic E-state index is 5.22. The summed E-state index contributed by atoms with van der Waals surface area (Å²) in [6.07, 6.45) is 4.04. The molecule has 1 aromatic heterocycles. The molecule has 4 heteroatoms. The van der Waals surface area contributed by atoms with Gasteiger partial charge in [0.1, 0.15) is 5.75 Å². The van der Waals surface area contributed by atoms with Gasteiger partial charge in [-0.25, -0.2) is 0 Å². The van der Waals surface area contributed by atoms with Crippen molar-refractivity contribution in [1.82, 2.24) is 15.1 Å². The lowest BCUT2D eigenvalue weighted by Gasteiger charge is -2.06. The molecule has 0 radical (unpaired) electrons. The number of nitrogens with zero attached hydrogens (tertiary/aromatic N) is 2. The number of hydrogen-bond donors (Lipinski definition) is 1. The highest BCUT2D eigenvalue weighted by molar-refractivity contribution is 5.28. The lowest BCUT2D eigenvalue weighted by Crippen LogP contribution is -2.12. The van der Waals surface area contributed by atoms with Crippen LogP contribution in [-0.2, 0) is 19.6 Å². The number of ether oxygens (including phenoxy) is 1. The van der Waals surface area contributed by atoms with Crippen LogP contribution < -0.4 is 10.1 Å². The minimum Gasteiger partial charge on any atom is -0.497 e. The largest absolute Gasteiger partial charge is 0.497 e. The predicted molar refractivity (Wildman–Crippen MR) is 80.6 cm³/mol. The second-order valence-electron chi connectivity index (χ2n) is 5.42. The summed E-state index contributed by atoms with van der Waals surface area (Å²) in [5.74, 6) is 1.52. The molecule has 0 amide bonds. The lowest BCUT2D eigenvalue weighted by atomic mass is 10.2. The summed E-state index contributed by atoms with van der Waals surface area (Å²) in [7, 11) is 1.69. The smallest absolute Gasteiger partial charge is 0.119 e. The second kappa shape index (κ2) is 7.10. The quantitative estimate of drug-likeness (QED) is 0.843. The summed E-state index contributed by atoms with van der Waals surface area (Å²) in [6.45, 7) is 7.02. The Hall–Kier alpha value is -1.81. The number of benzene rings is 1. The standard InChI is InChI=1S/C16H23N3O/c1-13(2)11-19-12-15(10-18-19)9-17-8-14-5-4-6-16(7-14)20-3/h4-7,10,12-13,17H,8-9,11H2,1-3H3. The number of methoxy groups -OCH3 is 1. The molecule has 0 aliphatic carbocycles. The molecule has 0 saturated heterocycles. The van der Waals surface area contributed by atoms with Crippen molar-refractivity contribution in [3.05, 3.63) is 47.8 Å². The van der Waals surface area contributed by atoms with Gasteiger partial charge in [0.15, 0.2) is 0 Å². The fraction of sp³-hybridized carbons (Fsp3) is 0.438. The van der Waals surface area contributed by atoms with Gasteiger partial charge in [0.2, 0.25) is 0 Å². The van der Waals surface area contributed by atoms with E-state index >= 15 is 0 Å². The highest BCUT2D eigenvalue weighted by Gasteiger charge is 2.01. The second-order valence-corrected chi connectivity index (χ2v) is 5.42. The molecule has 0 spiro atoms. The highest BCUT2D eigenvalue weighted by Crippen LogP contribution is 2.12. The zero-order valence-corrected chi connectivity index (χ0v) is 12.5. The van der Waals surface area contributed by atoms with Crippen LogP contribution in [0.15, 0.2) is 36.7 Å². The molecule has 0 saturated carbocycles. The third-order valence-electron chi connectivity index (χ3n) is 3.03. The first-order valence-electron chi connectivity index (χ1n) is 7.02. The van der Waals surface area contributed by atoms with E-state index in [1.54, 1.807) is 7.11 Å². The van der Waals surface area contributed by atoms with E-state index in [0.29, 0.717) is 5.92 Å². The normalized spacial score (nSPS) is 11.0. The Morgan fingerprint density at radius 3 is 2.80 bits per heavy atom. The minimum absolute atomic E-state index is 0.618. The molecule has 2 aromatic rings. The lowest BCUT2D eigenvalue weighted by molar-refractivity contribution is 0.414. The highest BCUT2D eigenvalue weighted by atomic mass is 16.5. The van der Waals surface area contributed by atoms with Crippen molar-refractivity contribution in [2.45, 2.75) is 33.5 Å². The molecule has 20 heavy (non-hydrogen) atoms. The molecule has 0 fully saturated rings. The van der Waals surface area contributed by atoms with E-state index in [9.17, 15) is 0 Å². The molecule has 2 rings (SSSR count). The van der Waals surface area contributed by atoms with Crippen molar-refractivity contribution in [2.24, 2.45) is 5.92 Å². The summed E-state index contributed by atoms with van der Waals surface area (Å²) >= 11 is 0. The Balaban J connectivity index is 1.81. The summed E-state index contributed by atoms with van der Waals surface area (Å²) in [5, 5.41) is 7.79. The fourth-order valence-corrected chi connectivity index (χ4v) is 2.11. The van der Waals surface area contributed by atoms with Crippen LogP contribution in [-0.4, -0.2) is 16.9 Å². The van der Waals surface area contributed by atoms with Gasteiger partial charge >= 0.3 is 0 Å². The average Bonchev–Trinajstić information content (AvgIpc) is 2.86. The van der Waals surface area contributed by atoms with E-state index in [-0.39, 0.29) is 0 Å². The van der Waals surface area contributed by atoms with Gasteiger partial charge < -0.3 is 10.1 Å². The summed E-state index contributed by atoms with van der Waals surface area (Å²) in [5.41, 5.74) is 2.44. The van der Waals surface area contributed by atoms with Crippen LogP contribution in [0.4, 0.5) is 0 Å². The third-order valence-corrected chi connectivity index (χ3v) is 3.03. The topological polar surface area (TPSA) is 39.1 Å². The first-order chi connectivity index (χ1) is 9.67. The van der Waals surface area contributed by atoms with Crippen LogP contribution in [0.1, 0.15) is 25.0 Å². The Morgan fingerprint density at radius 1 is 1.25 bits per heavy atom. The molecular weight excluding hydrogens is 250 g/mol. The van der Waals surface area contributed by atoms with Gasteiger partial charge in [0, 0.05) is 31.4 Å². The van der Waals surface area contributed by atoms with Gasteiger partial charge in [0.05, 0.1) is 13.3 Å². The molecule has 1 N–H and O–H groups in total. The molecule has 4 nitrogen and oxygen atoms in total. The SMILES string of the molecule is COc1cccc(CNCc2cnn(CC(C)C)c2)c1. The maximum Gasteiger partial charge on any atom is 0.119 e. The first kappa shape index (κ1) is 14.6. The van der Waals surface area contributed by atoms with Crippen molar-refractivity contribution in [3.63, 3.8) is 0 Å². The van der Waals surface area contributed by atoms with Crippen LogP contribution in [0.5, 0.6) is 5.75 Å². The number of nitrogens with one attached hydrogen (secondary N) is 1. The van der Waals surface area contributed by atoms with Crippen molar-refractivity contribution in [3.8, 4) is 5.75 Å². The van der Waals surface area contributed by atoms with E-state index in [4.69, 9.17) is 4.74 Å². The van der Waals surface area contributed by atoms with E-state index in [0.717, 1.165) is 25.4 Å². The van der Waals surface area contributed by atoms with E-state index in [1.165, 1.54) is 11.1 Å². The summed E-state index contributed by atoms with van der Waals surface area (Å²) in [4.78, 5) is 0. The first-order valence-corrected chi connectivity index (χ1v) is 7.02. The Labute approximate surface area is 120 Å². The number of hydrogen-bond acceptors (Lipinski definition) is 3. The third kappa shape index (κ3) is 4.38. The minimum atomic E-state index is 0.618. The Morgan fingerprint density at radius 2 is 2.05 bits per heavy atom. The van der Waals surface area contributed by atoms with Crippen LogP contribution in [0.3, 0.4) is 0 Å². The van der Waals surface area contributed by atoms with E-state index < -0.39 is 0 Å². The number of rotatable bonds is 7. The monoisotopic (exact) mass is 273 g/mol. The Kier molecular flexibility index (Phi) is 5.18. The van der Waals surface area contributed by atoms with Gasteiger partial charge in [-0.1, -0.05) is 26.0 Å². The zero-order chi connectivity index (χ0) is 14.4. The molecule has 0 aliphatic heterocycles. The molecule has 0 aliphatic rings. The van der Waals surface area contributed by atoms with Gasteiger partial charge in [-0.2, -0.15) is 5.10 Å². The molecule has 108 valence electrons. The van der Waals surface area contributed by atoms with Gasteiger partial charge in [-0.05, 0) is 23.6 Å². The van der Waals surface area contributed by atoms with Crippen LogP contribution in [0, 0.1) is 5.92 Å². The van der Waals surface area contributed by atoms with E-state index in [1.807, 2.05) is 23.0 Å². The molecular formula is C16H23N3O. The van der Waals surface area contributed by atoms with Gasteiger partial charge in [-0.3, -0.25) is 4.68 Å². The Bertz CT molecular complexity index is 534.